The summed E-state index contributed by atoms with van der Waals surface area (Å²) in [6, 6.07) is 0. The summed E-state index contributed by atoms with van der Waals surface area (Å²) in [6.45, 7) is 3.03. The van der Waals surface area contributed by atoms with Crippen LogP contribution in [0.25, 0.3) is 0 Å². The van der Waals surface area contributed by atoms with Crippen molar-refractivity contribution in [2.24, 2.45) is 11.8 Å². The highest BCUT2D eigenvalue weighted by molar-refractivity contribution is 7.99. The Labute approximate surface area is 115 Å². The molecule has 1 saturated carbocycles. The first-order valence-corrected chi connectivity index (χ1v) is 8.78. The van der Waals surface area contributed by atoms with Gasteiger partial charge in [-0.3, -0.25) is 0 Å². The molecule has 3 aliphatic rings. The first-order chi connectivity index (χ1) is 8.69. The highest BCUT2D eigenvalue weighted by Crippen LogP contribution is 2.51. The van der Waals surface area contributed by atoms with Crippen molar-refractivity contribution in [2.75, 3.05) is 18.1 Å². The molecule has 3 heteroatoms. The number of thioether (sulfide) groups is 1. The van der Waals surface area contributed by atoms with Crippen LogP contribution in [-0.2, 0) is 4.74 Å². The van der Waals surface area contributed by atoms with Gasteiger partial charge in [0, 0.05) is 6.61 Å². The van der Waals surface area contributed by atoms with Gasteiger partial charge in [0.2, 0.25) is 0 Å². The second-order valence-corrected chi connectivity index (χ2v) is 7.68. The molecular weight excluding hydrogens is 244 g/mol. The summed E-state index contributed by atoms with van der Waals surface area (Å²) in [7, 11) is 0. The smallest absolute Gasteiger partial charge is 0.0703 e. The van der Waals surface area contributed by atoms with Gasteiger partial charge in [-0.25, -0.2) is 0 Å². The third-order valence-corrected chi connectivity index (χ3v) is 6.44. The van der Waals surface area contributed by atoms with Gasteiger partial charge in [0.25, 0.3) is 0 Å². The molecule has 2 heterocycles. The quantitative estimate of drug-likeness (QED) is 0.854. The molecule has 0 amide bonds. The van der Waals surface area contributed by atoms with Gasteiger partial charge in [-0.1, -0.05) is 6.92 Å². The topological polar surface area (TPSA) is 29.5 Å². The molecule has 2 atom stereocenters. The lowest BCUT2D eigenvalue weighted by molar-refractivity contribution is -0.153. The monoisotopic (exact) mass is 270 g/mol. The number of rotatable bonds is 3. The summed E-state index contributed by atoms with van der Waals surface area (Å²) in [5.41, 5.74) is -0.270. The van der Waals surface area contributed by atoms with Crippen LogP contribution in [0.4, 0.5) is 0 Å². The summed E-state index contributed by atoms with van der Waals surface area (Å²) in [5.74, 6) is 3.54. The molecule has 2 nitrogen and oxygen atoms in total. The van der Waals surface area contributed by atoms with Crippen molar-refractivity contribution in [1.29, 1.82) is 0 Å². The van der Waals surface area contributed by atoms with Gasteiger partial charge in [-0.05, 0) is 68.3 Å². The van der Waals surface area contributed by atoms with E-state index in [-0.39, 0.29) is 11.2 Å². The lowest BCUT2D eigenvalue weighted by Gasteiger charge is -2.48. The molecule has 18 heavy (non-hydrogen) atoms. The van der Waals surface area contributed by atoms with E-state index in [0.717, 1.165) is 25.9 Å². The van der Waals surface area contributed by atoms with Crippen molar-refractivity contribution in [1.82, 2.24) is 0 Å². The molecule has 0 bridgehead atoms. The van der Waals surface area contributed by atoms with Crippen molar-refractivity contribution in [2.45, 2.75) is 63.1 Å². The lowest BCUT2D eigenvalue weighted by atomic mass is 9.70. The molecule has 104 valence electrons. The van der Waals surface area contributed by atoms with Crippen LogP contribution < -0.4 is 0 Å². The van der Waals surface area contributed by atoms with Gasteiger partial charge in [-0.2, -0.15) is 11.8 Å². The molecule has 0 aromatic rings. The Bertz CT molecular complexity index is 291. The van der Waals surface area contributed by atoms with Crippen LogP contribution in [0.1, 0.15) is 51.9 Å². The predicted octanol–water partition coefficient (Wildman–Crippen LogP) is 3.23. The SMILES string of the molecule is CCC(O)(C1CC1)C1CCOC2(CCSCC2)C1. The largest absolute Gasteiger partial charge is 0.389 e. The minimum atomic E-state index is -0.388. The van der Waals surface area contributed by atoms with Crippen LogP contribution in [-0.4, -0.2) is 34.4 Å². The average molecular weight is 270 g/mol. The Morgan fingerprint density at radius 2 is 1.94 bits per heavy atom. The second kappa shape index (κ2) is 4.99. The summed E-state index contributed by atoms with van der Waals surface area (Å²) >= 11 is 2.05. The van der Waals surface area contributed by atoms with E-state index in [1.54, 1.807) is 0 Å². The fourth-order valence-corrected chi connectivity index (χ4v) is 5.28. The maximum absolute atomic E-state index is 11.0. The Morgan fingerprint density at radius 3 is 2.56 bits per heavy atom. The maximum atomic E-state index is 11.0. The third-order valence-electron chi connectivity index (χ3n) is 5.45. The molecule has 0 radical (unpaired) electrons. The lowest BCUT2D eigenvalue weighted by Crippen LogP contribution is -2.50. The Hall–Kier alpha value is 0.270. The molecule has 2 aliphatic heterocycles. The molecule has 3 rings (SSSR count). The second-order valence-electron chi connectivity index (χ2n) is 6.45. The summed E-state index contributed by atoms with van der Waals surface area (Å²) < 4.78 is 6.15. The van der Waals surface area contributed by atoms with E-state index in [0.29, 0.717) is 11.8 Å². The van der Waals surface area contributed by atoms with Gasteiger partial charge in [0.1, 0.15) is 0 Å². The Morgan fingerprint density at radius 1 is 1.22 bits per heavy atom. The van der Waals surface area contributed by atoms with Crippen LogP contribution in [0.3, 0.4) is 0 Å². The molecule has 2 unspecified atom stereocenters. The zero-order valence-electron chi connectivity index (χ0n) is 11.5. The van der Waals surface area contributed by atoms with Gasteiger partial charge in [0.05, 0.1) is 11.2 Å². The Balaban J connectivity index is 1.72. The predicted molar refractivity (Wildman–Crippen MR) is 75.9 cm³/mol. The number of ether oxygens (including phenoxy) is 1. The summed E-state index contributed by atoms with van der Waals surface area (Å²) in [4.78, 5) is 0. The molecule has 1 aliphatic carbocycles. The van der Waals surface area contributed by atoms with E-state index in [1.165, 1.54) is 37.2 Å². The normalized spacial score (nSPS) is 35.3. The van der Waals surface area contributed by atoms with Crippen molar-refractivity contribution in [3.8, 4) is 0 Å². The first kappa shape index (κ1) is 13.3. The van der Waals surface area contributed by atoms with Gasteiger partial charge in [-0.15, -0.1) is 0 Å². The van der Waals surface area contributed by atoms with Crippen molar-refractivity contribution >= 4 is 11.8 Å². The van der Waals surface area contributed by atoms with E-state index in [2.05, 4.69) is 18.7 Å². The highest BCUT2D eigenvalue weighted by Gasteiger charge is 2.51. The van der Waals surface area contributed by atoms with Crippen molar-refractivity contribution < 1.29 is 9.84 Å². The summed E-state index contributed by atoms with van der Waals surface area (Å²) in [5, 5.41) is 11.0. The standard InChI is InChI=1S/C15H26O2S/c1-2-15(16,12-3-4-12)13-5-8-17-14(11-13)6-9-18-10-7-14/h12-13,16H,2-11H2,1H3. The number of hydrogen-bond donors (Lipinski definition) is 1. The fraction of sp³-hybridized carbons (Fsp3) is 1.00. The van der Waals surface area contributed by atoms with Gasteiger partial charge >= 0.3 is 0 Å². The molecule has 0 aromatic heterocycles. The molecule has 1 spiro atoms. The minimum Gasteiger partial charge on any atom is -0.389 e. The molecule has 1 N–H and O–H groups in total. The van der Waals surface area contributed by atoms with Crippen molar-refractivity contribution in [3.05, 3.63) is 0 Å². The van der Waals surface area contributed by atoms with E-state index in [9.17, 15) is 5.11 Å². The molecule has 3 fully saturated rings. The van der Waals surface area contributed by atoms with Gasteiger partial charge in [0.15, 0.2) is 0 Å². The van der Waals surface area contributed by atoms with Crippen LogP contribution in [0.15, 0.2) is 0 Å². The van der Waals surface area contributed by atoms with E-state index < -0.39 is 0 Å². The van der Waals surface area contributed by atoms with Gasteiger partial charge < -0.3 is 9.84 Å². The van der Waals surface area contributed by atoms with Crippen LogP contribution in [0.2, 0.25) is 0 Å². The van der Waals surface area contributed by atoms with E-state index in [4.69, 9.17) is 4.74 Å². The van der Waals surface area contributed by atoms with E-state index in [1.807, 2.05) is 0 Å². The van der Waals surface area contributed by atoms with Crippen LogP contribution >= 0.6 is 11.8 Å². The number of aliphatic hydroxyl groups is 1. The van der Waals surface area contributed by atoms with E-state index >= 15 is 0 Å². The Kier molecular flexibility index (Phi) is 3.68. The van der Waals surface area contributed by atoms with Crippen molar-refractivity contribution in [3.63, 3.8) is 0 Å². The zero-order valence-corrected chi connectivity index (χ0v) is 12.3. The third kappa shape index (κ3) is 2.34. The minimum absolute atomic E-state index is 0.117. The molecule has 0 aromatic carbocycles. The summed E-state index contributed by atoms with van der Waals surface area (Å²) in [6.07, 6.45) is 7.96. The average Bonchev–Trinajstić information content (AvgIpc) is 3.23. The molecular formula is C15H26O2S. The van der Waals surface area contributed by atoms with Crippen LogP contribution in [0, 0.1) is 11.8 Å². The highest BCUT2D eigenvalue weighted by atomic mass is 32.2. The zero-order chi connectivity index (χ0) is 12.6. The number of hydrogen-bond acceptors (Lipinski definition) is 3. The molecule has 2 saturated heterocycles. The maximum Gasteiger partial charge on any atom is 0.0703 e. The first-order valence-electron chi connectivity index (χ1n) is 7.63. The van der Waals surface area contributed by atoms with Crippen LogP contribution in [0.5, 0.6) is 0 Å². The fourth-order valence-electron chi connectivity index (χ4n) is 4.04.